The summed E-state index contributed by atoms with van der Waals surface area (Å²) in [5.41, 5.74) is 1.24. The molecule has 0 aromatic heterocycles. The largest absolute Gasteiger partial charge is 0.347 e. The Bertz CT molecular complexity index is 470. The van der Waals surface area contributed by atoms with E-state index >= 15 is 0 Å². The smallest absolute Gasteiger partial charge is 0.0798 e. The second-order valence-corrected chi connectivity index (χ2v) is 5.74. The zero-order valence-corrected chi connectivity index (χ0v) is 12.6. The first kappa shape index (κ1) is 11.8. The first-order chi connectivity index (χ1) is 7.33. The molecule has 2 rings (SSSR count). The normalized spacial score (nSPS) is 11.6. The van der Waals surface area contributed by atoms with Crippen molar-refractivity contribution in [1.82, 2.24) is 0 Å². The Morgan fingerprint density at radius 3 is 2.67 bits per heavy atom. The zero-order valence-electron chi connectivity index (χ0n) is 7.84. The molecule has 0 amide bonds. The molecule has 0 saturated carbocycles. The number of hydrogen-bond acceptors (Lipinski definition) is 1. The number of halogens is 2. The average Bonchev–Trinajstić information content (AvgIpc) is 2.26. The third-order valence-corrected chi connectivity index (χ3v) is 4.07. The highest BCUT2D eigenvalue weighted by molar-refractivity contribution is 14.2. The molecule has 4 heteroatoms. The molecular formula is C11H9BrIOP. The van der Waals surface area contributed by atoms with Gasteiger partial charge in [0.2, 0.25) is 0 Å². The van der Waals surface area contributed by atoms with Gasteiger partial charge >= 0.3 is 0 Å². The molecule has 0 spiro atoms. The van der Waals surface area contributed by atoms with Crippen LogP contribution in [0.25, 0.3) is 10.8 Å². The lowest BCUT2D eigenvalue weighted by atomic mass is 10.1. The maximum atomic E-state index is 5.48. The van der Waals surface area contributed by atoms with Crippen LogP contribution in [0.4, 0.5) is 0 Å². The lowest BCUT2D eigenvalue weighted by molar-refractivity contribution is 0.362. The van der Waals surface area contributed by atoms with Crippen molar-refractivity contribution in [1.29, 1.82) is 0 Å². The molecule has 1 atom stereocenters. The van der Waals surface area contributed by atoms with Gasteiger partial charge in [-0.1, -0.05) is 46.3 Å². The molecule has 2 aromatic carbocycles. The number of hydrogen-bond donors (Lipinski definition) is 0. The van der Waals surface area contributed by atoms with Gasteiger partial charge in [-0.25, -0.2) is 0 Å². The van der Waals surface area contributed by atoms with Crippen molar-refractivity contribution in [2.75, 3.05) is 0 Å². The Hall–Kier alpha value is 0.300. The standard InChI is InChI=1S/C11H9BrIOP/c12-10-6-2-4-8-3-1-5-9(11(8)10)7-14-15-13/h1-6,15H,7H2. The Morgan fingerprint density at radius 1 is 1.20 bits per heavy atom. The summed E-state index contributed by atoms with van der Waals surface area (Å²) in [7, 11) is 0. The summed E-state index contributed by atoms with van der Waals surface area (Å²) >= 11 is 5.82. The number of fused-ring (bicyclic) bond motifs is 1. The predicted octanol–water partition coefficient (Wildman–Crippen LogP) is 5.06. The minimum atomic E-state index is 0.506. The highest BCUT2D eigenvalue weighted by atomic mass is 127. The van der Waals surface area contributed by atoms with Crippen LogP contribution in [-0.2, 0) is 11.1 Å². The van der Waals surface area contributed by atoms with Crippen LogP contribution in [0.2, 0.25) is 0 Å². The van der Waals surface area contributed by atoms with Crippen LogP contribution >= 0.6 is 44.4 Å². The molecule has 0 N–H and O–H groups in total. The lowest BCUT2D eigenvalue weighted by Gasteiger charge is -2.07. The van der Waals surface area contributed by atoms with E-state index in [4.69, 9.17) is 4.52 Å². The zero-order chi connectivity index (χ0) is 10.7. The van der Waals surface area contributed by atoms with Crippen molar-refractivity contribution in [2.24, 2.45) is 0 Å². The van der Waals surface area contributed by atoms with E-state index in [1.54, 1.807) is 0 Å². The van der Waals surface area contributed by atoms with Gasteiger partial charge in [-0.05, 0) is 39.1 Å². The van der Waals surface area contributed by atoms with E-state index in [0.717, 1.165) is 4.47 Å². The minimum Gasteiger partial charge on any atom is -0.347 e. The van der Waals surface area contributed by atoms with Crippen molar-refractivity contribution in [3.8, 4) is 0 Å². The second-order valence-electron chi connectivity index (χ2n) is 3.12. The maximum absolute atomic E-state index is 5.48. The fourth-order valence-electron chi connectivity index (χ4n) is 1.60. The van der Waals surface area contributed by atoms with Gasteiger partial charge in [-0.15, -0.1) is 0 Å². The van der Waals surface area contributed by atoms with Crippen molar-refractivity contribution in [3.63, 3.8) is 0 Å². The summed E-state index contributed by atoms with van der Waals surface area (Å²) in [6.45, 7) is 1.19. The van der Waals surface area contributed by atoms with E-state index in [2.05, 4.69) is 74.4 Å². The molecule has 0 bridgehead atoms. The van der Waals surface area contributed by atoms with Gasteiger partial charge in [0.25, 0.3) is 0 Å². The molecule has 15 heavy (non-hydrogen) atoms. The van der Waals surface area contributed by atoms with E-state index in [0.29, 0.717) is 13.1 Å². The molecule has 0 aliphatic rings. The lowest BCUT2D eigenvalue weighted by Crippen LogP contribution is -1.87. The highest BCUT2D eigenvalue weighted by Crippen LogP contribution is 2.30. The van der Waals surface area contributed by atoms with Crippen LogP contribution in [0.15, 0.2) is 40.9 Å². The fraction of sp³-hybridized carbons (Fsp3) is 0.0909. The van der Waals surface area contributed by atoms with Crippen LogP contribution < -0.4 is 0 Å². The van der Waals surface area contributed by atoms with Crippen molar-refractivity contribution >= 4 is 55.2 Å². The molecule has 0 aliphatic heterocycles. The number of benzene rings is 2. The molecule has 0 heterocycles. The molecule has 1 unspecified atom stereocenters. The molecule has 0 fully saturated rings. The monoisotopic (exact) mass is 394 g/mol. The van der Waals surface area contributed by atoms with E-state index in [1.165, 1.54) is 16.3 Å². The summed E-state index contributed by atoms with van der Waals surface area (Å²) in [6, 6.07) is 12.6. The summed E-state index contributed by atoms with van der Waals surface area (Å²) in [5.74, 6) is 0. The molecule has 0 aliphatic carbocycles. The van der Waals surface area contributed by atoms with Crippen molar-refractivity contribution < 1.29 is 4.52 Å². The third kappa shape index (κ3) is 2.70. The maximum Gasteiger partial charge on any atom is 0.0798 e. The van der Waals surface area contributed by atoms with Gasteiger partial charge in [0.05, 0.1) is 13.1 Å². The predicted molar refractivity (Wildman–Crippen MR) is 78.8 cm³/mol. The second kappa shape index (κ2) is 5.58. The fourth-order valence-corrected chi connectivity index (χ4v) is 2.91. The Balaban J connectivity index is 2.53. The molecule has 1 nitrogen and oxygen atoms in total. The summed E-state index contributed by atoms with van der Waals surface area (Å²) in [4.78, 5) is 0. The van der Waals surface area contributed by atoms with Crippen LogP contribution in [0, 0.1) is 0 Å². The van der Waals surface area contributed by atoms with E-state index < -0.39 is 0 Å². The van der Waals surface area contributed by atoms with Crippen LogP contribution in [-0.4, -0.2) is 0 Å². The van der Waals surface area contributed by atoms with Gasteiger partial charge < -0.3 is 4.52 Å². The first-order valence-corrected chi connectivity index (χ1v) is 9.28. The first-order valence-electron chi connectivity index (χ1n) is 4.46. The van der Waals surface area contributed by atoms with Gasteiger partial charge in [0, 0.05) is 9.86 Å². The van der Waals surface area contributed by atoms with E-state index in [-0.39, 0.29) is 0 Å². The molecule has 0 radical (unpaired) electrons. The Labute approximate surface area is 112 Å². The van der Waals surface area contributed by atoms with Gasteiger partial charge in [-0.3, -0.25) is 0 Å². The van der Waals surface area contributed by atoms with Crippen LogP contribution in [0.5, 0.6) is 0 Å². The van der Waals surface area contributed by atoms with Gasteiger partial charge in [0.15, 0.2) is 0 Å². The molecule has 0 saturated heterocycles. The van der Waals surface area contributed by atoms with Crippen LogP contribution in [0.3, 0.4) is 0 Å². The third-order valence-electron chi connectivity index (χ3n) is 2.22. The summed E-state index contributed by atoms with van der Waals surface area (Å²) < 4.78 is 6.61. The highest BCUT2D eigenvalue weighted by Gasteiger charge is 2.03. The van der Waals surface area contributed by atoms with E-state index in [9.17, 15) is 0 Å². The molecular weight excluding hydrogens is 386 g/mol. The number of rotatable bonds is 3. The Kier molecular flexibility index (Phi) is 4.38. The quantitative estimate of drug-likeness (QED) is 0.522. The summed E-state index contributed by atoms with van der Waals surface area (Å²) in [6.07, 6.45) is 0. The topological polar surface area (TPSA) is 9.23 Å². The minimum absolute atomic E-state index is 0.506. The van der Waals surface area contributed by atoms with Crippen molar-refractivity contribution in [3.05, 3.63) is 46.4 Å². The summed E-state index contributed by atoms with van der Waals surface area (Å²) in [5, 5.41) is 2.51. The van der Waals surface area contributed by atoms with Gasteiger partial charge in [-0.2, -0.15) is 0 Å². The van der Waals surface area contributed by atoms with Gasteiger partial charge in [0.1, 0.15) is 0 Å². The molecule has 2 aromatic rings. The van der Waals surface area contributed by atoms with E-state index in [1.807, 2.05) is 0 Å². The average molecular weight is 395 g/mol. The van der Waals surface area contributed by atoms with Crippen LogP contribution in [0.1, 0.15) is 5.56 Å². The Morgan fingerprint density at radius 2 is 1.93 bits per heavy atom. The SMILES string of the molecule is Brc1cccc2cccc(COPI)c12. The van der Waals surface area contributed by atoms with Crippen molar-refractivity contribution in [2.45, 2.75) is 6.61 Å². The molecule has 78 valence electrons.